The Kier molecular flexibility index (Phi) is 6.60. The quantitative estimate of drug-likeness (QED) is 0.349. The van der Waals surface area contributed by atoms with Crippen LogP contribution < -0.4 is 0 Å². The van der Waals surface area contributed by atoms with Crippen molar-refractivity contribution in [3.05, 3.63) is 11.6 Å². The second-order valence-corrected chi connectivity index (χ2v) is 15.5. The zero-order chi connectivity index (χ0) is 28.2. The first kappa shape index (κ1) is 28.6. The lowest BCUT2D eigenvalue weighted by molar-refractivity contribution is -0.216. The van der Waals surface area contributed by atoms with Crippen LogP contribution in [0.5, 0.6) is 0 Å². The van der Waals surface area contributed by atoms with E-state index in [1.807, 2.05) is 0 Å². The third-order valence-electron chi connectivity index (χ3n) is 12.8. The predicted molar refractivity (Wildman–Crippen MR) is 146 cm³/mol. The molecule has 4 fully saturated rings. The van der Waals surface area contributed by atoms with E-state index in [9.17, 15) is 20.1 Å². The van der Waals surface area contributed by atoms with E-state index >= 15 is 0 Å². The molecule has 6 nitrogen and oxygen atoms in total. The van der Waals surface area contributed by atoms with Crippen molar-refractivity contribution < 1.29 is 29.6 Å². The van der Waals surface area contributed by atoms with E-state index in [-0.39, 0.29) is 51.6 Å². The Bertz CT molecular complexity index is 996. The molecule has 1 unspecified atom stereocenters. The highest BCUT2D eigenvalue weighted by atomic mass is 16.6. The maximum absolute atomic E-state index is 12.2. The Labute approximate surface area is 229 Å². The van der Waals surface area contributed by atoms with Crippen LogP contribution in [0.1, 0.15) is 101 Å². The van der Waals surface area contributed by atoms with Gasteiger partial charge in [0.25, 0.3) is 0 Å². The fourth-order valence-electron chi connectivity index (χ4n) is 10.8. The molecule has 1 heterocycles. The number of allylic oxidation sites excluding steroid dienone is 2. The number of esters is 1. The monoisotopic (exact) mass is 532 g/mol. The van der Waals surface area contributed by atoms with Crippen molar-refractivity contribution in [2.45, 2.75) is 137 Å². The number of carbonyl (C=O) groups is 1. The molecule has 0 aromatic carbocycles. The number of hydrogen-bond acceptors (Lipinski definition) is 6. The number of rotatable bonds is 3. The minimum Gasteiger partial charge on any atom is -0.457 e. The molecular formula is C32H52O6. The van der Waals surface area contributed by atoms with Gasteiger partial charge in [-0.05, 0) is 92.3 Å². The largest absolute Gasteiger partial charge is 0.457 e. The molecule has 1 saturated heterocycles. The highest BCUT2D eigenvalue weighted by Gasteiger charge is 2.73. The maximum Gasteiger partial charge on any atom is 0.303 e. The van der Waals surface area contributed by atoms with Crippen molar-refractivity contribution in [1.29, 1.82) is 0 Å². The number of aliphatic hydroxyl groups is 3. The van der Waals surface area contributed by atoms with E-state index in [1.165, 1.54) is 12.5 Å². The Hall–Kier alpha value is -0.950. The lowest BCUT2D eigenvalue weighted by Crippen LogP contribution is -2.59. The Balaban J connectivity index is 1.51. The summed E-state index contributed by atoms with van der Waals surface area (Å²) in [7, 11) is 0. The van der Waals surface area contributed by atoms with Crippen molar-refractivity contribution in [2.75, 3.05) is 0 Å². The van der Waals surface area contributed by atoms with Gasteiger partial charge in [0.1, 0.15) is 0 Å². The van der Waals surface area contributed by atoms with E-state index in [2.05, 4.69) is 47.6 Å². The smallest absolute Gasteiger partial charge is 0.303 e. The molecule has 5 aliphatic rings. The van der Waals surface area contributed by atoms with Gasteiger partial charge in [-0.15, -0.1) is 0 Å². The molecule has 0 bridgehead atoms. The second kappa shape index (κ2) is 8.77. The maximum atomic E-state index is 12.2. The average Bonchev–Trinajstić information content (AvgIpc) is 2.98. The Morgan fingerprint density at radius 3 is 2.39 bits per heavy atom. The molecule has 4 aliphatic carbocycles. The number of fused-ring (bicyclic) bond motifs is 7. The summed E-state index contributed by atoms with van der Waals surface area (Å²) in [6.07, 6.45) is 5.44. The molecule has 6 heteroatoms. The summed E-state index contributed by atoms with van der Waals surface area (Å²) >= 11 is 0. The van der Waals surface area contributed by atoms with Crippen LogP contribution >= 0.6 is 0 Å². The van der Waals surface area contributed by atoms with Gasteiger partial charge in [0, 0.05) is 12.3 Å². The molecule has 3 N–H and O–H groups in total. The first-order valence-electron chi connectivity index (χ1n) is 15.0. The van der Waals surface area contributed by atoms with Crippen molar-refractivity contribution in [3.8, 4) is 0 Å². The molecule has 216 valence electrons. The molecule has 0 aromatic heterocycles. The summed E-state index contributed by atoms with van der Waals surface area (Å²) < 4.78 is 12.3. The molecule has 3 saturated carbocycles. The minimum atomic E-state index is -1.26. The number of aliphatic hydroxyl groups excluding tert-OH is 2. The highest BCUT2D eigenvalue weighted by Crippen LogP contribution is 2.74. The standard InChI is InChI=1S/C32H52O6/c1-17-16-21(27(29(5,6)36)37-18(2)33)38-25-24(17)31(8)15-12-19-20(32(31,9)26(25)35)10-11-22-28(3,4)23(34)13-14-30(19,22)7/h12,17,20-27,34-36H,10-11,13-16H2,1-9H3/t17-,20-,21-,22+,23?,24+,25+,26+,27+,30-,31-,32-/m1/s1. The van der Waals surface area contributed by atoms with Crippen LogP contribution in [-0.2, 0) is 14.3 Å². The lowest BCUT2D eigenvalue weighted by Gasteiger charge is -2.64. The second-order valence-electron chi connectivity index (χ2n) is 15.5. The van der Waals surface area contributed by atoms with Gasteiger partial charge in [0.2, 0.25) is 0 Å². The first-order chi connectivity index (χ1) is 17.4. The lowest BCUT2D eigenvalue weighted by atomic mass is 9.41. The van der Waals surface area contributed by atoms with Gasteiger partial charge in [-0.3, -0.25) is 4.79 Å². The minimum absolute atomic E-state index is 0.0276. The van der Waals surface area contributed by atoms with Gasteiger partial charge in [-0.1, -0.05) is 53.2 Å². The van der Waals surface area contributed by atoms with Crippen LogP contribution in [0.15, 0.2) is 11.6 Å². The molecule has 0 radical (unpaired) electrons. The first-order valence-corrected chi connectivity index (χ1v) is 15.0. The molecule has 12 atom stereocenters. The fourth-order valence-corrected chi connectivity index (χ4v) is 10.8. The number of ether oxygens (including phenoxy) is 2. The van der Waals surface area contributed by atoms with E-state index in [1.54, 1.807) is 13.8 Å². The fraction of sp³-hybridized carbons (Fsp3) is 0.906. The van der Waals surface area contributed by atoms with Crippen LogP contribution in [0.3, 0.4) is 0 Å². The SMILES string of the molecule is CC(=O)O[C@@H]([C@H]1C[C@@H](C)[C@H]2[C@H](O1)[C@H](O)[C@@]1(C)[C@@H]3CC[C@H]4C(C)(C)C(O)CC[C@]4(C)C3=CC[C@]21C)C(C)(C)O. The van der Waals surface area contributed by atoms with Crippen molar-refractivity contribution in [2.24, 2.45) is 45.3 Å². The molecule has 0 spiro atoms. The van der Waals surface area contributed by atoms with Crippen LogP contribution in [0.2, 0.25) is 0 Å². The summed E-state index contributed by atoms with van der Waals surface area (Å²) in [4.78, 5) is 11.9. The van der Waals surface area contributed by atoms with Crippen LogP contribution in [0.25, 0.3) is 0 Å². The topological polar surface area (TPSA) is 96.2 Å². The zero-order valence-electron chi connectivity index (χ0n) is 25.1. The van der Waals surface area contributed by atoms with E-state index in [0.717, 1.165) is 32.1 Å². The van der Waals surface area contributed by atoms with Crippen molar-refractivity contribution in [1.82, 2.24) is 0 Å². The van der Waals surface area contributed by atoms with Gasteiger partial charge >= 0.3 is 5.97 Å². The number of carbonyl (C=O) groups excluding carboxylic acids is 1. The van der Waals surface area contributed by atoms with Crippen LogP contribution in [-0.4, -0.2) is 57.4 Å². The van der Waals surface area contributed by atoms with Gasteiger partial charge in [-0.2, -0.15) is 0 Å². The Morgan fingerprint density at radius 1 is 1.13 bits per heavy atom. The molecular weight excluding hydrogens is 480 g/mol. The molecule has 0 aromatic rings. The molecule has 38 heavy (non-hydrogen) atoms. The van der Waals surface area contributed by atoms with Crippen molar-refractivity contribution in [3.63, 3.8) is 0 Å². The normalized spacial score (nSPS) is 50.6. The summed E-state index contributed by atoms with van der Waals surface area (Å²) in [5, 5.41) is 34.0. The summed E-state index contributed by atoms with van der Waals surface area (Å²) in [5.41, 5.74) is -0.336. The summed E-state index contributed by atoms with van der Waals surface area (Å²) in [6.45, 7) is 18.5. The van der Waals surface area contributed by atoms with Gasteiger partial charge < -0.3 is 24.8 Å². The van der Waals surface area contributed by atoms with Gasteiger partial charge in [0.05, 0.1) is 30.0 Å². The third kappa shape index (κ3) is 3.68. The average molecular weight is 533 g/mol. The van der Waals surface area contributed by atoms with Crippen LogP contribution in [0.4, 0.5) is 0 Å². The summed E-state index contributed by atoms with van der Waals surface area (Å²) in [6, 6.07) is 0. The van der Waals surface area contributed by atoms with Crippen LogP contribution in [0, 0.1) is 45.3 Å². The zero-order valence-corrected chi connectivity index (χ0v) is 25.1. The highest BCUT2D eigenvalue weighted by molar-refractivity contribution is 5.66. The molecule has 0 amide bonds. The molecule has 1 aliphatic heterocycles. The van der Waals surface area contributed by atoms with Gasteiger partial charge in [0.15, 0.2) is 6.10 Å². The molecule has 5 rings (SSSR count). The Morgan fingerprint density at radius 2 is 1.79 bits per heavy atom. The van der Waals surface area contributed by atoms with E-state index in [4.69, 9.17) is 9.47 Å². The number of hydrogen-bond donors (Lipinski definition) is 3. The third-order valence-corrected chi connectivity index (χ3v) is 12.8. The van der Waals surface area contributed by atoms with Crippen molar-refractivity contribution >= 4 is 5.97 Å². The summed E-state index contributed by atoms with van der Waals surface area (Å²) in [5.74, 6) is 0.667. The van der Waals surface area contributed by atoms with E-state index in [0.29, 0.717) is 12.3 Å². The van der Waals surface area contributed by atoms with Gasteiger partial charge in [-0.25, -0.2) is 0 Å². The predicted octanol–water partition coefficient (Wildman–Crippen LogP) is 5.03. The van der Waals surface area contributed by atoms with E-state index < -0.39 is 29.9 Å².